The number of hydrogen-bond donors (Lipinski definition) is 2. The van der Waals surface area contributed by atoms with Crippen molar-refractivity contribution in [2.75, 3.05) is 11.5 Å². The molecule has 2 aromatic carbocycles. The molecule has 4 heteroatoms. The molecule has 0 bridgehead atoms. The van der Waals surface area contributed by atoms with Crippen molar-refractivity contribution in [2.24, 2.45) is 0 Å². The van der Waals surface area contributed by atoms with E-state index < -0.39 is 0 Å². The van der Waals surface area contributed by atoms with Gasteiger partial charge in [-0.1, -0.05) is 42.5 Å². The summed E-state index contributed by atoms with van der Waals surface area (Å²) in [7, 11) is 0. The number of nitrogen functional groups attached to an aromatic ring is 2. The topological polar surface area (TPSA) is 52.0 Å². The third-order valence-corrected chi connectivity index (χ3v) is 9.37. The number of hydrogen-bond acceptors (Lipinski definition) is 2. The van der Waals surface area contributed by atoms with Gasteiger partial charge in [-0.15, -0.1) is 0 Å². The zero-order valence-corrected chi connectivity index (χ0v) is 16.0. The molecule has 0 aliphatic rings. The van der Waals surface area contributed by atoms with Crippen LogP contribution in [0.5, 0.6) is 0 Å². The summed E-state index contributed by atoms with van der Waals surface area (Å²) in [6, 6.07) is 15.7. The Morgan fingerprint density at radius 3 is 1.95 bits per heavy atom. The molecule has 0 saturated heterocycles. The predicted molar refractivity (Wildman–Crippen MR) is 102 cm³/mol. The van der Waals surface area contributed by atoms with Gasteiger partial charge in [0.05, 0.1) is 11.4 Å². The molecule has 22 heavy (non-hydrogen) atoms. The molecular weight excluding hydrogens is 402 g/mol. The fourth-order valence-corrected chi connectivity index (χ4v) is 6.65. The molecule has 2 rings (SSSR count). The summed E-state index contributed by atoms with van der Waals surface area (Å²) in [4.78, 5) is 0. The third kappa shape index (κ3) is 6.55. The number of rotatable bonds is 6. The van der Waals surface area contributed by atoms with E-state index in [1.165, 1.54) is 10.6 Å². The van der Waals surface area contributed by atoms with Gasteiger partial charge in [0, 0.05) is 5.56 Å². The van der Waals surface area contributed by atoms with Gasteiger partial charge in [0.25, 0.3) is 0 Å². The molecule has 116 valence electrons. The average molecular weight is 424 g/mol. The first-order valence-corrected chi connectivity index (χ1v) is 13.6. The molecule has 0 saturated carbocycles. The zero-order chi connectivity index (χ0) is 16.2. The van der Waals surface area contributed by atoms with E-state index in [1.807, 2.05) is 60.7 Å². The molecule has 0 aromatic heterocycles. The second kappa shape index (κ2) is 11.2. The van der Waals surface area contributed by atoms with E-state index in [-0.39, 0.29) is 0 Å². The number of para-hydroxylation sites is 1. The van der Waals surface area contributed by atoms with Gasteiger partial charge in [-0.3, -0.25) is 0 Å². The quantitative estimate of drug-likeness (QED) is 0.318. The van der Waals surface area contributed by atoms with Crippen LogP contribution in [-0.4, -0.2) is 26.3 Å². The molecule has 0 fully saturated rings. The summed E-state index contributed by atoms with van der Waals surface area (Å²) in [6.45, 7) is 7.32. The van der Waals surface area contributed by atoms with Crippen LogP contribution >= 0.6 is 0 Å². The number of anilines is 2. The van der Waals surface area contributed by atoms with Gasteiger partial charge < -0.3 is 11.5 Å². The minimum Gasteiger partial charge on any atom is -0.397 e. The minimum atomic E-state index is 0.631. The molecule has 0 atom stereocenters. The van der Waals surface area contributed by atoms with Crippen LogP contribution in [0, 0.1) is 0 Å². The Morgan fingerprint density at radius 2 is 1.41 bits per heavy atom. The molecular formula is C18H22N2Se2. The average Bonchev–Trinajstić information content (AvgIpc) is 2.56. The summed E-state index contributed by atoms with van der Waals surface area (Å²) in [5, 5.41) is 2.47. The third-order valence-electron chi connectivity index (χ3n) is 2.68. The Kier molecular flexibility index (Phi) is 9.45. The predicted octanol–water partition coefficient (Wildman–Crippen LogP) is 4.04. The van der Waals surface area contributed by atoms with Crippen LogP contribution in [-0.2, 0) is 0 Å². The Bertz CT molecular complexity index is 573. The second-order valence-electron chi connectivity index (χ2n) is 4.32. The van der Waals surface area contributed by atoms with E-state index in [4.69, 9.17) is 11.5 Å². The van der Waals surface area contributed by atoms with Crippen molar-refractivity contribution < 1.29 is 0 Å². The monoisotopic (exact) mass is 426 g/mol. The Labute approximate surface area is 144 Å². The van der Waals surface area contributed by atoms with Crippen LogP contribution in [0.3, 0.4) is 0 Å². The first-order valence-electron chi connectivity index (χ1n) is 6.86. The van der Waals surface area contributed by atoms with Gasteiger partial charge in [-0.25, -0.2) is 0 Å². The number of allylic oxidation sites excluding steroid dienone is 2. The first kappa shape index (κ1) is 18.6. The Balaban J connectivity index is 0.000000261. The molecule has 0 radical (unpaired) electrons. The first-order chi connectivity index (χ1) is 10.7. The van der Waals surface area contributed by atoms with Crippen molar-refractivity contribution in [3.05, 3.63) is 73.8 Å². The van der Waals surface area contributed by atoms with E-state index in [1.54, 1.807) is 0 Å². The summed E-state index contributed by atoms with van der Waals surface area (Å²) in [5.41, 5.74) is 15.0. The van der Waals surface area contributed by atoms with Gasteiger partial charge in [0.2, 0.25) is 0 Å². The van der Waals surface area contributed by atoms with Crippen LogP contribution < -0.4 is 11.5 Å². The molecule has 0 aliphatic heterocycles. The van der Waals surface area contributed by atoms with Crippen molar-refractivity contribution in [3.63, 3.8) is 0 Å². The summed E-state index contributed by atoms with van der Waals surface area (Å²) >= 11 is 1.70. The maximum atomic E-state index is 5.89. The summed E-state index contributed by atoms with van der Waals surface area (Å²) in [5.74, 6) is 0. The van der Waals surface area contributed by atoms with E-state index in [0.29, 0.717) is 11.4 Å². The van der Waals surface area contributed by atoms with Gasteiger partial charge in [0.1, 0.15) is 0 Å². The van der Waals surface area contributed by atoms with Gasteiger partial charge in [-0.05, 0) is 11.6 Å². The Morgan fingerprint density at radius 1 is 0.818 bits per heavy atom. The zero-order valence-electron chi connectivity index (χ0n) is 12.6. The van der Waals surface area contributed by atoms with Crippen molar-refractivity contribution in [1.29, 1.82) is 0 Å². The standard InChI is InChI=1S/C12H12N2.C6H10Se2/c13-11-8-4-7-10(12(11)14)9-5-2-1-3-6-9;1-3-5-7-8-6-4-2/h1-8H,13-14H2;3-4H,1-2,5-6H2. The molecule has 0 unspecified atom stereocenters. The number of benzene rings is 2. The molecule has 4 N–H and O–H groups in total. The van der Waals surface area contributed by atoms with Gasteiger partial charge >= 0.3 is 62.2 Å². The molecule has 0 amide bonds. The normalized spacial score (nSPS) is 9.45. The van der Waals surface area contributed by atoms with Crippen molar-refractivity contribution >= 4 is 37.6 Å². The SMILES string of the molecule is C=CC[Se][Se]CC=C.Nc1cccc(-c2ccccc2)c1N. The van der Waals surface area contributed by atoms with Gasteiger partial charge in [0.15, 0.2) is 0 Å². The second-order valence-corrected chi connectivity index (χ2v) is 11.8. The minimum absolute atomic E-state index is 0.631. The Hall–Kier alpha value is -1.44. The molecule has 0 aliphatic carbocycles. The number of nitrogens with two attached hydrogens (primary N) is 2. The van der Waals surface area contributed by atoms with Crippen LogP contribution in [0.25, 0.3) is 11.1 Å². The maximum Gasteiger partial charge on any atom is 0.0627 e. The fraction of sp³-hybridized carbons (Fsp3) is 0.111. The molecule has 0 spiro atoms. The van der Waals surface area contributed by atoms with E-state index >= 15 is 0 Å². The van der Waals surface area contributed by atoms with Crippen LogP contribution in [0.4, 0.5) is 11.4 Å². The van der Waals surface area contributed by atoms with E-state index in [2.05, 4.69) is 13.2 Å². The van der Waals surface area contributed by atoms with E-state index in [9.17, 15) is 0 Å². The smallest absolute Gasteiger partial charge is 0.0627 e. The summed E-state index contributed by atoms with van der Waals surface area (Å²) in [6.07, 6.45) is 4.01. The maximum absolute atomic E-state index is 5.89. The fourth-order valence-electron chi connectivity index (χ4n) is 1.64. The van der Waals surface area contributed by atoms with Crippen molar-refractivity contribution in [1.82, 2.24) is 0 Å². The molecule has 2 nitrogen and oxygen atoms in total. The van der Waals surface area contributed by atoms with E-state index in [0.717, 1.165) is 37.4 Å². The van der Waals surface area contributed by atoms with Crippen LogP contribution in [0.1, 0.15) is 0 Å². The van der Waals surface area contributed by atoms with Crippen molar-refractivity contribution in [2.45, 2.75) is 10.6 Å². The largest absolute Gasteiger partial charge is 0.397 e. The molecule has 0 heterocycles. The molecule has 2 aromatic rings. The van der Waals surface area contributed by atoms with Gasteiger partial charge in [-0.2, -0.15) is 0 Å². The summed E-state index contributed by atoms with van der Waals surface area (Å²) < 4.78 is 0. The van der Waals surface area contributed by atoms with Crippen LogP contribution in [0.2, 0.25) is 10.6 Å². The van der Waals surface area contributed by atoms with Crippen LogP contribution in [0.15, 0.2) is 73.8 Å². The van der Waals surface area contributed by atoms with Crippen molar-refractivity contribution in [3.8, 4) is 11.1 Å².